The Morgan fingerprint density at radius 2 is 1.84 bits per heavy atom. The molecule has 4 amide bonds. The van der Waals surface area contributed by atoms with Crippen molar-refractivity contribution >= 4 is 29.2 Å². The average Bonchev–Trinajstić information content (AvgIpc) is 3.19. The van der Waals surface area contributed by atoms with Gasteiger partial charge in [-0.3, -0.25) is 14.5 Å². The van der Waals surface area contributed by atoms with Gasteiger partial charge in [0.2, 0.25) is 5.91 Å². The highest BCUT2D eigenvalue weighted by atomic mass is 16.5. The van der Waals surface area contributed by atoms with E-state index < -0.39 is 5.91 Å². The van der Waals surface area contributed by atoms with Gasteiger partial charge in [-0.05, 0) is 50.2 Å². The van der Waals surface area contributed by atoms with Gasteiger partial charge in [-0.1, -0.05) is 6.07 Å². The van der Waals surface area contributed by atoms with Crippen LogP contribution in [-0.4, -0.2) is 50.7 Å². The summed E-state index contributed by atoms with van der Waals surface area (Å²) >= 11 is 0. The average molecular weight is 426 g/mol. The van der Waals surface area contributed by atoms with Gasteiger partial charge in [0, 0.05) is 30.0 Å². The summed E-state index contributed by atoms with van der Waals surface area (Å²) in [6.07, 6.45) is 0. The molecule has 0 atom stereocenters. The van der Waals surface area contributed by atoms with E-state index in [1.807, 2.05) is 13.8 Å². The summed E-state index contributed by atoms with van der Waals surface area (Å²) < 4.78 is 11.0. The van der Waals surface area contributed by atoms with E-state index in [0.29, 0.717) is 54.7 Å². The second-order valence-corrected chi connectivity index (χ2v) is 6.69. The second kappa shape index (κ2) is 10.3. The normalized spacial score (nSPS) is 12.8. The van der Waals surface area contributed by atoms with Gasteiger partial charge < -0.3 is 25.4 Å². The zero-order chi connectivity index (χ0) is 22.2. The largest absolute Gasteiger partial charge is 0.490 e. The van der Waals surface area contributed by atoms with Crippen molar-refractivity contribution in [3.8, 4) is 11.5 Å². The van der Waals surface area contributed by atoms with Crippen LogP contribution in [0.25, 0.3) is 0 Å². The Bertz CT molecular complexity index is 963. The zero-order valence-electron chi connectivity index (χ0n) is 17.6. The Balaban J connectivity index is 1.58. The summed E-state index contributed by atoms with van der Waals surface area (Å²) in [7, 11) is 0. The Morgan fingerprint density at radius 1 is 1.06 bits per heavy atom. The number of ether oxygens (including phenoxy) is 2. The van der Waals surface area contributed by atoms with Crippen molar-refractivity contribution in [3.05, 3.63) is 48.0 Å². The molecule has 0 radical (unpaired) electrons. The van der Waals surface area contributed by atoms with Gasteiger partial charge in [-0.25, -0.2) is 4.79 Å². The number of urea groups is 1. The number of rotatable bonds is 9. The summed E-state index contributed by atoms with van der Waals surface area (Å²) in [6, 6.07) is 11.7. The lowest BCUT2D eigenvalue weighted by Gasteiger charge is -2.15. The van der Waals surface area contributed by atoms with Crippen molar-refractivity contribution in [1.82, 2.24) is 10.6 Å². The summed E-state index contributed by atoms with van der Waals surface area (Å²) in [4.78, 5) is 38.1. The molecule has 3 rings (SSSR count). The monoisotopic (exact) mass is 426 g/mol. The summed E-state index contributed by atoms with van der Waals surface area (Å²) in [5.41, 5.74) is 1.59. The van der Waals surface area contributed by atoms with Crippen LogP contribution in [-0.2, 0) is 4.79 Å². The minimum absolute atomic E-state index is 0.169. The fourth-order valence-corrected chi connectivity index (χ4v) is 3.13. The van der Waals surface area contributed by atoms with Crippen molar-refractivity contribution in [3.63, 3.8) is 0 Å². The maximum Gasteiger partial charge on any atom is 0.321 e. The zero-order valence-corrected chi connectivity index (χ0v) is 17.6. The maximum absolute atomic E-state index is 12.5. The molecule has 31 heavy (non-hydrogen) atoms. The molecule has 1 saturated heterocycles. The van der Waals surface area contributed by atoms with Crippen molar-refractivity contribution in [2.24, 2.45) is 0 Å². The van der Waals surface area contributed by atoms with Crippen molar-refractivity contribution < 1.29 is 23.9 Å². The van der Waals surface area contributed by atoms with Crippen LogP contribution in [0.4, 0.5) is 16.2 Å². The van der Waals surface area contributed by atoms with E-state index in [2.05, 4.69) is 16.0 Å². The molecule has 2 aromatic carbocycles. The van der Waals surface area contributed by atoms with Gasteiger partial charge >= 0.3 is 6.03 Å². The topological polar surface area (TPSA) is 109 Å². The fourth-order valence-electron chi connectivity index (χ4n) is 3.13. The third-order valence-electron chi connectivity index (χ3n) is 4.51. The molecule has 1 aliphatic rings. The lowest BCUT2D eigenvalue weighted by atomic mass is 10.2. The van der Waals surface area contributed by atoms with Crippen LogP contribution in [0, 0.1) is 0 Å². The quantitative estimate of drug-likeness (QED) is 0.570. The van der Waals surface area contributed by atoms with E-state index in [1.165, 1.54) is 0 Å². The summed E-state index contributed by atoms with van der Waals surface area (Å²) in [5, 5.41) is 8.06. The number of nitrogens with one attached hydrogen (secondary N) is 3. The third kappa shape index (κ3) is 5.65. The number of hydrogen-bond donors (Lipinski definition) is 3. The highest BCUT2D eigenvalue weighted by Crippen LogP contribution is 2.28. The fraction of sp³-hybridized carbons (Fsp3) is 0.318. The number of amides is 4. The summed E-state index contributed by atoms with van der Waals surface area (Å²) in [5.74, 6) is 0.253. The van der Waals surface area contributed by atoms with Crippen LogP contribution in [0.15, 0.2) is 42.5 Å². The van der Waals surface area contributed by atoms with Crippen molar-refractivity contribution in [2.75, 3.05) is 43.1 Å². The molecule has 2 aromatic rings. The number of benzene rings is 2. The number of carbonyl (C=O) groups is 3. The predicted octanol–water partition coefficient (Wildman–Crippen LogP) is 2.38. The molecule has 1 heterocycles. The number of nitrogens with zero attached hydrogens (tertiary/aromatic N) is 1. The van der Waals surface area contributed by atoms with Gasteiger partial charge in [0.1, 0.15) is 0 Å². The molecule has 9 heteroatoms. The number of hydrogen-bond acceptors (Lipinski definition) is 5. The van der Waals surface area contributed by atoms with E-state index in [9.17, 15) is 14.4 Å². The molecule has 0 bridgehead atoms. The molecule has 164 valence electrons. The smallest absolute Gasteiger partial charge is 0.321 e. The minimum atomic E-state index is -0.401. The van der Waals surface area contributed by atoms with Crippen molar-refractivity contribution in [2.45, 2.75) is 13.8 Å². The first-order valence-corrected chi connectivity index (χ1v) is 10.1. The molecule has 0 spiro atoms. The molecule has 0 unspecified atom stereocenters. The third-order valence-corrected chi connectivity index (χ3v) is 4.51. The van der Waals surface area contributed by atoms with Crippen LogP contribution in [0.5, 0.6) is 11.5 Å². The molecule has 3 N–H and O–H groups in total. The van der Waals surface area contributed by atoms with Gasteiger partial charge in [0.25, 0.3) is 5.91 Å². The molecule has 1 aliphatic heterocycles. The van der Waals surface area contributed by atoms with Crippen LogP contribution in [0.1, 0.15) is 24.2 Å². The first-order valence-electron chi connectivity index (χ1n) is 10.1. The van der Waals surface area contributed by atoms with E-state index >= 15 is 0 Å². The molecular formula is C22H26N4O5. The van der Waals surface area contributed by atoms with Gasteiger partial charge in [-0.15, -0.1) is 0 Å². The second-order valence-electron chi connectivity index (χ2n) is 6.69. The van der Waals surface area contributed by atoms with Crippen molar-refractivity contribution in [1.29, 1.82) is 0 Å². The molecule has 0 aromatic heterocycles. The van der Waals surface area contributed by atoms with Crippen LogP contribution < -0.4 is 30.3 Å². The van der Waals surface area contributed by atoms with Crippen LogP contribution >= 0.6 is 0 Å². The lowest BCUT2D eigenvalue weighted by Crippen LogP contribution is -2.33. The maximum atomic E-state index is 12.5. The molecule has 0 aliphatic carbocycles. The Kier molecular flexibility index (Phi) is 7.31. The Hall–Kier alpha value is -3.75. The molecule has 0 saturated carbocycles. The van der Waals surface area contributed by atoms with Gasteiger partial charge in [-0.2, -0.15) is 0 Å². The van der Waals surface area contributed by atoms with Crippen LogP contribution in [0.3, 0.4) is 0 Å². The van der Waals surface area contributed by atoms with Gasteiger partial charge in [0.15, 0.2) is 11.5 Å². The SMILES string of the molecule is CCOc1ccc(C(=O)NCC(=O)Nc2cccc(N3CCNC3=O)c2)cc1OCC. The van der Waals surface area contributed by atoms with E-state index in [0.717, 1.165) is 0 Å². The number of carbonyl (C=O) groups excluding carboxylic acids is 3. The standard InChI is InChI=1S/C22H26N4O5/c1-3-30-18-9-8-15(12-19(18)31-4-2)21(28)24-14-20(27)25-16-6-5-7-17(13-16)26-11-10-23-22(26)29/h5-9,12-13H,3-4,10-11,14H2,1-2H3,(H,23,29)(H,24,28)(H,25,27). The highest BCUT2D eigenvalue weighted by molar-refractivity contribution is 6.00. The Morgan fingerprint density at radius 3 is 2.55 bits per heavy atom. The molecular weight excluding hydrogens is 400 g/mol. The lowest BCUT2D eigenvalue weighted by molar-refractivity contribution is -0.115. The Labute approximate surface area is 180 Å². The molecule has 1 fully saturated rings. The minimum Gasteiger partial charge on any atom is -0.490 e. The van der Waals surface area contributed by atoms with E-state index in [1.54, 1.807) is 47.4 Å². The summed E-state index contributed by atoms with van der Waals surface area (Å²) in [6.45, 7) is 5.57. The predicted molar refractivity (Wildman–Crippen MR) is 117 cm³/mol. The first-order chi connectivity index (χ1) is 15.0. The van der Waals surface area contributed by atoms with E-state index in [4.69, 9.17) is 9.47 Å². The first kappa shape index (κ1) is 21.9. The van der Waals surface area contributed by atoms with E-state index in [-0.39, 0.29) is 18.5 Å². The highest BCUT2D eigenvalue weighted by Gasteiger charge is 2.21. The molecule has 9 nitrogen and oxygen atoms in total. The number of anilines is 2. The van der Waals surface area contributed by atoms with Crippen LogP contribution in [0.2, 0.25) is 0 Å². The van der Waals surface area contributed by atoms with Gasteiger partial charge in [0.05, 0.1) is 19.8 Å².